The van der Waals surface area contributed by atoms with Crippen molar-refractivity contribution in [3.8, 4) is 0 Å². The number of likely N-dealkylation sites (tertiary alicyclic amines) is 1. The van der Waals surface area contributed by atoms with Crippen molar-refractivity contribution < 1.29 is 0 Å². The molecule has 16 heavy (non-hydrogen) atoms. The highest BCUT2D eigenvalue weighted by Gasteiger charge is 2.22. The van der Waals surface area contributed by atoms with E-state index in [0.717, 1.165) is 18.4 Å². The lowest BCUT2D eigenvalue weighted by Gasteiger charge is -2.23. The largest absolute Gasteiger partial charge is 0.373 e. The Hall–Kier alpha value is -1.09. The fraction of sp³-hybridized carbons (Fsp3) is 0.615. The van der Waals surface area contributed by atoms with Gasteiger partial charge in [0.2, 0.25) is 0 Å². The maximum Gasteiger partial charge on any atom is 0.125 e. The first kappa shape index (κ1) is 11.4. The SMILES string of the molecule is CCC1CCCN1Cc1ccnc(NC)c1. The standard InChI is InChI=1S/C13H21N3/c1-3-12-5-4-8-16(12)10-11-6-7-15-13(9-11)14-2/h6-7,9,12H,3-5,8,10H2,1-2H3,(H,14,15). The van der Waals surface area contributed by atoms with Crippen molar-refractivity contribution in [3.05, 3.63) is 23.9 Å². The van der Waals surface area contributed by atoms with Crippen molar-refractivity contribution in [2.45, 2.75) is 38.8 Å². The van der Waals surface area contributed by atoms with Crippen molar-refractivity contribution in [3.63, 3.8) is 0 Å². The molecule has 1 atom stereocenters. The summed E-state index contributed by atoms with van der Waals surface area (Å²) in [5.41, 5.74) is 1.36. The second kappa shape index (κ2) is 5.30. The van der Waals surface area contributed by atoms with Gasteiger partial charge in [-0.15, -0.1) is 0 Å². The van der Waals surface area contributed by atoms with Crippen LogP contribution >= 0.6 is 0 Å². The second-order valence-electron chi connectivity index (χ2n) is 4.47. The topological polar surface area (TPSA) is 28.2 Å². The van der Waals surface area contributed by atoms with Crippen LogP contribution in [0, 0.1) is 0 Å². The molecular formula is C13H21N3. The molecule has 0 saturated carbocycles. The van der Waals surface area contributed by atoms with Gasteiger partial charge in [-0.25, -0.2) is 4.98 Å². The summed E-state index contributed by atoms with van der Waals surface area (Å²) >= 11 is 0. The summed E-state index contributed by atoms with van der Waals surface area (Å²) in [5.74, 6) is 0.963. The minimum absolute atomic E-state index is 0.784. The van der Waals surface area contributed by atoms with Gasteiger partial charge in [-0.1, -0.05) is 6.92 Å². The van der Waals surface area contributed by atoms with Gasteiger partial charge in [0.25, 0.3) is 0 Å². The quantitative estimate of drug-likeness (QED) is 0.843. The van der Waals surface area contributed by atoms with Gasteiger partial charge in [0, 0.05) is 25.8 Å². The molecule has 1 aromatic heterocycles. The maximum atomic E-state index is 4.24. The Labute approximate surface area is 97.9 Å². The molecule has 1 aliphatic rings. The van der Waals surface area contributed by atoms with Crippen molar-refractivity contribution >= 4 is 5.82 Å². The third-order valence-corrected chi connectivity index (χ3v) is 3.44. The Balaban J connectivity index is 2.02. The Morgan fingerprint density at radius 3 is 3.19 bits per heavy atom. The summed E-state index contributed by atoms with van der Waals surface area (Å²) in [6.07, 6.45) is 5.87. The molecule has 3 nitrogen and oxygen atoms in total. The van der Waals surface area contributed by atoms with Crippen molar-refractivity contribution in [2.24, 2.45) is 0 Å². The lowest BCUT2D eigenvalue weighted by Crippen LogP contribution is -2.28. The molecule has 2 rings (SSSR count). The van der Waals surface area contributed by atoms with E-state index in [1.165, 1.54) is 31.4 Å². The van der Waals surface area contributed by atoms with E-state index in [0.29, 0.717) is 0 Å². The molecule has 0 aliphatic carbocycles. The zero-order valence-electron chi connectivity index (χ0n) is 10.2. The first-order valence-electron chi connectivity index (χ1n) is 6.20. The highest BCUT2D eigenvalue weighted by Crippen LogP contribution is 2.22. The number of hydrogen-bond donors (Lipinski definition) is 1. The van der Waals surface area contributed by atoms with Crippen LogP contribution in [-0.4, -0.2) is 29.5 Å². The second-order valence-corrected chi connectivity index (χ2v) is 4.47. The van der Waals surface area contributed by atoms with Gasteiger partial charge < -0.3 is 5.32 Å². The monoisotopic (exact) mass is 219 g/mol. The van der Waals surface area contributed by atoms with Crippen LogP contribution in [0.15, 0.2) is 18.3 Å². The predicted octanol–water partition coefficient (Wildman–Crippen LogP) is 2.50. The Kier molecular flexibility index (Phi) is 3.78. The van der Waals surface area contributed by atoms with E-state index in [4.69, 9.17) is 0 Å². The molecule has 1 N–H and O–H groups in total. The lowest BCUT2D eigenvalue weighted by molar-refractivity contribution is 0.240. The fourth-order valence-corrected chi connectivity index (χ4v) is 2.51. The van der Waals surface area contributed by atoms with Crippen LogP contribution in [0.1, 0.15) is 31.7 Å². The smallest absolute Gasteiger partial charge is 0.125 e. The minimum Gasteiger partial charge on any atom is -0.373 e. The van der Waals surface area contributed by atoms with Crippen LogP contribution in [0.25, 0.3) is 0 Å². The average Bonchev–Trinajstić information content (AvgIpc) is 2.76. The van der Waals surface area contributed by atoms with E-state index in [1.807, 2.05) is 13.2 Å². The zero-order valence-corrected chi connectivity index (χ0v) is 10.2. The van der Waals surface area contributed by atoms with Crippen LogP contribution in [-0.2, 0) is 6.54 Å². The van der Waals surface area contributed by atoms with Gasteiger partial charge in [0.05, 0.1) is 0 Å². The molecule has 1 aliphatic heterocycles. The van der Waals surface area contributed by atoms with Crippen LogP contribution in [0.5, 0.6) is 0 Å². The molecule has 0 amide bonds. The van der Waals surface area contributed by atoms with Gasteiger partial charge in [-0.05, 0) is 43.5 Å². The summed E-state index contributed by atoms with van der Waals surface area (Å²) in [7, 11) is 1.91. The van der Waals surface area contributed by atoms with E-state index >= 15 is 0 Å². The molecule has 1 fully saturated rings. The Morgan fingerprint density at radius 2 is 2.44 bits per heavy atom. The first-order chi connectivity index (χ1) is 7.83. The van der Waals surface area contributed by atoms with Crippen LogP contribution < -0.4 is 5.32 Å². The van der Waals surface area contributed by atoms with E-state index in [-0.39, 0.29) is 0 Å². The molecule has 1 aromatic rings. The lowest BCUT2D eigenvalue weighted by atomic mass is 10.1. The summed E-state index contributed by atoms with van der Waals surface area (Å²) in [4.78, 5) is 6.83. The van der Waals surface area contributed by atoms with Crippen molar-refractivity contribution in [2.75, 3.05) is 18.9 Å². The van der Waals surface area contributed by atoms with Crippen LogP contribution in [0.2, 0.25) is 0 Å². The summed E-state index contributed by atoms with van der Waals surface area (Å²) in [5, 5.41) is 3.09. The molecule has 1 unspecified atom stereocenters. The third kappa shape index (κ3) is 2.53. The number of anilines is 1. The van der Waals surface area contributed by atoms with Gasteiger partial charge in [0.15, 0.2) is 0 Å². The molecule has 2 heterocycles. The number of hydrogen-bond acceptors (Lipinski definition) is 3. The molecule has 0 bridgehead atoms. The summed E-state index contributed by atoms with van der Waals surface area (Å²) < 4.78 is 0. The number of nitrogens with zero attached hydrogens (tertiary/aromatic N) is 2. The Bertz CT molecular complexity index is 338. The van der Waals surface area contributed by atoms with Crippen molar-refractivity contribution in [1.29, 1.82) is 0 Å². The van der Waals surface area contributed by atoms with E-state index in [2.05, 4.69) is 34.3 Å². The Morgan fingerprint density at radius 1 is 1.56 bits per heavy atom. The zero-order chi connectivity index (χ0) is 11.4. The van der Waals surface area contributed by atoms with Gasteiger partial charge in [0.1, 0.15) is 5.82 Å². The molecule has 88 valence electrons. The minimum atomic E-state index is 0.784. The van der Waals surface area contributed by atoms with E-state index < -0.39 is 0 Å². The van der Waals surface area contributed by atoms with Gasteiger partial charge in [-0.2, -0.15) is 0 Å². The molecule has 3 heteroatoms. The molecule has 0 aromatic carbocycles. The van der Waals surface area contributed by atoms with E-state index in [9.17, 15) is 0 Å². The van der Waals surface area contributed by atoms with E-state index in [1.54, 1.807) is 0 Å². The number of rotatable bonds is 4. The van der Waals surface area contributed by atoms with Gasteiger partial charge >= 0.3 is 0 Å². The number of pyridine rings is 1. The predicted molar refractivity (Wildman–Crippen MR) is 67.5 cm³/mol. The van der Waals surface area contributed by atoms with Crippen LogP contribution in [0.4, 0.5) is 5.82 Å². The van der Waals surface area contributed by atoms with Crippen LogP contribution in [0.3, 0.4) is 0 Å². The average molecular weight is 219 g/mol. The third-order valence-electron chi connectivity index (χ3n) is 3.44. The fourth-order valence-electron chi connectivity index (χ4n) is 2.51. The van der Waals surface area contributed by atoms with Crippen molar-refractivity contribution in [1.82, 2.24) is 9.88 Å². The molecule has 0 radical (unpaired) electrons. The molecule has 1 saturated heterocycles. The normalized spacial score (nSPS) is 21.2. The summed E-state index contributed by atoms with van der Waals surface area (Å²) in [6, 6.07) is 5.04. The summed E-state index contributed by atoms with van der Waals surface area (Å²) in [6.45, 7) is 4.60. The van der Waals surface area contributed by atoms with Gasteiger partial charge in [-0.3, -0.25) is 4.90 Å². The molecule has 0 spiro atoms. The number of aromatic nitrogens is 1. The number of nitrogens with one attached hydrogen (secondary N) is 1. The molecular weight excluding hydrogens is 198 g/mol. The highest BCUT2D eigenvalue weighted by atomic mass is 15.2. The first-order valence-corrected chi connectivity index (χ1v) is 6.20. The highest BCUT2D eigenvalue weighted by molar-refractivity contribution is 5.36. The maximum absolute atomic E-state index is 4.24.